The molecule has 1 aliphatic rings. The van der Waals surface area contributed by atoms with Crippen LogP contribution in [0.5, 0.6) is 5.75 Å². The lowest BCUT2D eigenvalue weighted by atomic mass is 10.1. The smallest absolute Gasteiger partial charge is 0.227 e. The highest BCUT2D eigenvalue weighted by Gasteiger charge is 2.35. The van der Waals surface area contributed by atoms with E-state index in [-0.39, 0.29) is 18.4 Å². The quantitative estimate of drug-likeness (QED) is 0.384. The van der Waals surface area contributed by atoms with Gasteiger partial charge in [-0.1, -0.05) is 41.9 Å². The van der Waals surface area contributed by atoms with Crippen LogP contribution in [-0.2, 0) is 11.3 Å². The second-order valence-electron chi connectivity index (χ2n) is 9.14. The Morgan fingerprint density at radius 3 is 2.66 bits per heavy atom. The molecular weight excluding hydrogens is 462 g/mol. The number of aryl methyl sites for hydroxylation is 2. The lowest BCUT2D eigenvalue weighted by Crippen LogP contribution is -2.27. The van der Waals surface area contributed by atoms with E-state index >= 15 is 0 Å². The maximum atomic E-state index is 13.0. The molecule has 1 aromatic heterocycles. The highest BCUT2D eigenvalue weighted by atomic mass is 35.5. The van der Waals surface area contributed by atoms with Gasteiger partial charge in [-0.25, -0.2) is 4.98 Å². The average Bonchev–Trinajstić information content (AvgIpc) is 3.41. The van der Waals surface area contributed by atoms with E-state index in [1.165, 1.54) is 0 Å². The number of amides is 1. The van der Waals surface area contributed by atoms with Crippen LogP contribution in [0, 0.1) is 13.8 Å². The number of para-hydroxylation sites is 3. The molecule has 35 heavy (non-hydrogen) atoms. The van der Waals surface area contributed by atoms with Crippen molar-refractivity contribution in [3.63, 3.8) is 0 Å². The third-order valence-corrected chi connectivity index (χ3v) is 6.97. The molecule has 1 aliphatic heterocycles. The molecule has 4 aromatic rings. The minimum Gasteiger partial charge on any atom is -0.491 e. The Balaban J connectivity index is 1.38. The fourth-order valence-corrected chi connectivity index (χ4v) is 4.86. The maximum absolute atomic E-state index is 13.0. The summed E-state index contributed by atoms with van der Waals surface area (Å²) in [6.45, 7) is 4.94. The number of aliphatic hydroxyl groups excluding tert-OH is 1. The predicted molar refractivity (Wildman–Crippen MR) is 138 cm³/mol. The third-order valence-electron chi connectivity index (χ3n) is 6.55. The topological polar surface area (TPSA) is 67.6 Å². The molecule has 0 bridgehead atoms. The number of hydrogen-bond acceptors (Lipinski definition) is 4. The highest BCUT2D eigenvalue weighted by molar-refractivity contribution is 6.31. The summed E-state index contributed by atoms with van der Waals surface area (Å²) in [6, 6.07) is 21.2. The van der Waals surface area contributed by atoms with Gasteiger partial charge in [0.2, 0.25) is 5.91 Å². The number of carbonyl (C=O) groups excluding carboxylic acids is 1. The predicted octanol–water partition coefficient (Wildman–Crippen LogP) is 5.27. The van der Waals surface area contributed by atoms with Crippen molar-refractivity contribution in [1.82, 2.24) is 9.55 Å². The molecule has 0 unspecified atom stereocenters. The maximum Gasteiger partial charge on any atom is 0.227 e. The molecule has 0 aliphatic carbocycles. The van der Waals surface area contributed by atoms with Crippen molar-refractivity contribution >= 4 is 34.2 Å². The summed E-state index contributed by atoms with van der Waals surface area (Å²) < 4.78 is 7.87. The van der Waals surface area contributed by atoms with Gasteiger partial charge in [0.25, 0.3) is 0 Å². The molecule has 0 saturated carbocycles. The van der Waals surface area contributed by atoms with E-state index < -0.39 is 6.10 Å². The molecule has 7 heteroatoms. The standard InChI is InChI=1S/C28H28ClN3O3/c1-18-7-3-5-9-25(18)31-15-20(14-27(31)34)28-30-24-8-4-6-10-26(24)32(28)16-21(33)17-35-22-11-12-23(29)19(2)13-22/h3-13,20-21,33H,14-17H2,1-2H3/t20-,21-/m0/s1. The summed E-state index contributed by atoms with van der Waals surface area (Å²) in [6.07, 6.45) is -0.374. The first-order valence-corrected chi connectivity index (χ1v) is 12.2. The summed E-state index contributed by atoms with van der Waals surface area (Å²) in [5, 5.41) is 11.6. The first kappa shape index (κ1) is 23.4. The van der Waals surface area contributed by atoms with E-state index in [4.69, 9.17) is 21.3 Å². The number of fused-ring (bicyclic) bond motifs is 1. The monoisotopic (exact) mass is 489 g/mol. The van der Waals surface area contributed by atoms with Gasteiger partial charge in [-0.3, -0.25) is 4.79 Å². The van der Waals surface area contributed by atoms with Crippen molar-refractivity contribution in [3.8, 4) is 5.75 Å². The van der Waals surface area contributed by atoms with Gasteiger partial charge in [0.05, 0.1) is 17.6 Å². The number of rotatable bonds is 7. The van der Waals surface area contributed by atoms with Crippen LogP contribution in [0.3, 0.4) is 0 Å². The van der Waals surface area contributed by atoms with Crippen molar-refractivity contribution in [2.24, 2.45) is 0 Å². The van der Waals surface area contributed by atoms with Crippen LogP contribution in [0.2, 0.25) is 5.02 Å². The van der Waals surface area contributed by atoms with Crippen LogP contribution in [0.1, 0.15) is 29.3 Å². The normalized spacial score (nSPS) is 16.7. The zero-order chi connectivity index (χ0) is 24.5. The minimum atomic E-state index is -0.757. The fraction of sp³-hybridized carbons (Fsp3) is 0.286. The zero-order valence-corrected chi connectivity index (χ0v) is 20.6. The first-order valence-electron chi connectivity index (χ1n) is 11.8. The Bertz CT molecular complexity index is 1380. The van der Waals surface area contributed by atoms with Crippen LogP contribution in [0.25, 0.3) is 11.0 Å². The SMILES string of the molecule is Cc1cc(OC[C@@H](O)Cn2c([C@H]3CC(=O)N(c4ccccc4C)C3)nc3ccccc32)ccc1Cl. The second kappa shape index (κ2) is 9.72. The van der Waals surface area contributed by atoms with E-state index in [1.54, 1.807) is 12.1 Å². The molecule has 180 valence electrons. The largest absolute Gasteiger partial charge is 0.491 e. The van der Waals surface area contributed by atoms with Gasteiger partial charge in [0, 0.05) is 29.6 Å². The first-order chi connectivity index (χ1) is 16.9. The molecule has 0 radical (unpaired) electrons. The Morgan fingerprint density at radius 2 is 1.86 bits per heavy atom. The van der Waals surface area contributed by atoms with Crippen molar-refractivity contribution in [2.75, 3.05) is 18.1 Å². The van der Waals surface area contributed by atoms with E-state index in [9.17, 15) is 9.90 Å². The van der Waals surface area contributed by atoms with Crippen molar-refractivity contribution < 1.29 is 14.6 Å². The summed E-state index contributed by atoms with van der Waals surface area (Å²) >= 11 is 6.10. The van der Waals surface area contributed by atoms with Crippen LogP contribution in [0.4, 0.5) is 5.69 Å². The van der Waals surface area contributed by atoms with E-state index in [2.05, 4.69) is 0 Å². The zero-order valence-electron chi connectivity index (χ0n) is 19.8. The van der Waals surface area contributed by atoms with Gasteiger partial charge in [0.15, 0.2) is 0 Å². The molecule has 1 fully saturated rings. The number of benzene rings is 3. The Hall–Kier alpha value is -3.35. The molecule has 2 atom stereocenters. The van der Waals surface area contributed by atoms with E-state index in [0.717, 1.165) is 33.7 Å². The lowest BCUT2D eigenvalue weighted by Gasteiger charge is -2.20. The molecule has 1 saturated heterocycles. The number of carbonyl (C=O) groups is 1. The van der Waals surface area contributed by atoms with Crippen molar-refractivity contribution in [2.45, 2.75) is 38.8 Å². The van der Waals surface area contributed by atoms with E-state index in [0.29, 0.717) is 30.3 Å². The number of aliphatic hydroxyl groups is 1. The number of imidazole rings is 1. The van der Waals surface area contributed by atoms with Crippen LogP contribution in [-0.4, -0.2) is 39.8 Å². The Kier molecular flexibility index (Phi) is 6.50. The van der Waals surface area contributed by atoms with Crippen LogP contribution < -0.4 is 9.64 Å². The van der Waals surface area contributed by atoms with Crippen LogP contribution >= 0.6 is 11.6 Å². The number of hydrogen-bond donors (Lipinski definition) is 1. The Labute approximate surface area is 209 Å². The summed E-state index contributed by atoms with van der Waals surface area (Å²) in [5.74, 6) is 1.50. The molecule has 5 rings (SSSR count). The Morgan fingerprint density at radius 1 is 1.09 bits per heavy atom. The molecule has 3 aromatic carbocycles. The van der Waals surface area contributed by atoms with Gasteiger partial charge in [-0.05, 0) is 61.4 Å². The third kappa shape index (κ3) is 4.77. The van der Waals surface area contributed by atoms with Gasteiger partial charge in [-0.15, -0.1) is 0 Å². The number of halogens is 1. The molecule has 2 heterocycles. The van der Waals surface area contributed by atoms with Gasteiger partial charge < -0.3 is 19.3 Å². The minimum absolute atomic E-state index is 0.0680. The van der Waals surface area contributed by atoms with Gasteiger partial charge in [-0.2, -0.15) is 0 Å². The van der Waals surface area contributed by atoms with Crippen molar-refractivity contribution in [3.05, 3.63) is 88.7 Å². The average molecular weight is 490 g/mol. The second-order valence-corrected chi connectivity index (χ2v) is 9.54. The number of aromatic nitrogens is 2. The summed E-state index contributed by atoms with van der Waals surface area (Å²) in [7, 11) is 0. The molecule has 0 spiro atoms. The molecule has 1 amide bonds. The number of nitrogens with zero attached hydrogens (tertiary/aromatic N) is 3. The molecule has 6 nitrogen and oxygen atoms in total. The van der Waals surface area contributed by atoms with E-state index in [1.807, 2.05) is 77.9 Å². The van der Waals surface area contributed by atoms with Gasteiger partial charge >= 0.3 is 0 Å². The summed E-state index contributed by atoms with van der Waals surface area (Å²) in [4.78, 5) is 19.7. The molecular formula is C28H28ClN3O3. The highest BCUT2D eigenvalue weighted by Crippen LogP contribution is 2.34. The summed E-state index contributed by atoms with van der Waals surface area (Å²) in [5.41, 5.74) is 4.72. The number of ether oxygens (including phenoxy) is 1. The van der Waals surface area contributed by atoms with Gasteiger partial charge in [0.1, 0.15) is 24.3 Å². The van der Waals surface area contributed by atoms with Crippen molar-refractivity contribution in [1.29, 1.82) is 0 Å². The number of anilines is 1. The molecule has 1 N–H and O–H groups in total. The van der Waals surface area contributed by atoms with Crippen LogP contribution in [0.15, 0.2) is 66.7 Å². The lowest BCUT2D eigenvalue weighted by molar-refractivity contribution is -0.117. The fourth-order valence-electron chi connectivity index (χ4n) is 4.74.